The molecule has 0 saturated heterocycles. The number of rotatable bonds is 4. The average molecular weight is 308 g/mol. The van der Waals surface area contributed by atoms with Crippen molar-refractivity contribution in [3.63, 3.8) is 0 Å². The maximum atomic E-state index is 8.68. The number of thiazole rings is 1. The van der Waals surface area contributed by atoms with Crippen LogP contribution in [0.5, 0.6) is 0 Å². The predicted octanol–water partition coefficient (Wildman–Crippen LogP) is 3.43. The topological polar surface area (TPSA) is 48.7 Å². The lowest BCUT2D eigenvalue weighted by Crippen LogP contribution is -2.04. The van der Waals surface area contributed by atoms with Crippen LogP contribution >= 0.6 is 27.3 Å². The highest BCUT2D eigenvalue weighted by Gasteiger charge is 2.01. The van der Waals surface area contributed by atoms with Gasteiger partial charge in [0.05, 0.1) is 6.20 Å². The molecule has 0 aliphatic heterocycles. The number of nitrogens with one attached hydrogen (secondary N) is 1. The molecule has 2 rings (SSSR count). The van der Waals surface area contributed by atoms with E-state index >= 15 is 0 Å². The molecule has 0 unspecified atom stereocenters. The first kappa shape index (κ1) is 12.1. The first-order valence-electron chi connectivity index (χ1n) is 5.13. The molecule has 86 valence electrons. The minimum Gasteiger partial charge on any atom is -0.361 e. The second kappa shape index (κ2) is 5.80. The smallest absolute Gasteiger partial charge is 0.183 e. The van der Waals surface area contributed by atoms with Gasteiger partial charge in [-0.3, -0.25) is 0 Å². The highest BCUT2D eigenvalue weighted by molar-refractivity contribution is 9.10. The molecule has 1 aromatic carbocycles. The number of nitrogens with zero attached hydrogens (tertiary/aromatic N) is 2. The van der Waals surface area contributed by atoms with Crippen LogP contribution in [0.15, 0.2) is 34.9 Å². The molecule has 0 amide bonds. The van der Waals surface area contributed by atoms with E-state index in [1.165, 1.54) is 16.9 Å². The highest BCUT2D eigenvalue weighted by Crippen LogP contribution is 2.18. The van der Waals surface area contributed by atoms with E-state index in [1.54, 1.807) is 6.20 Å². The molecule has 2 aromatic rings. The number of hydrogen-bond donors (Lipinski definition) is 1. The summed E-state index contributed by atoms with van der Waals surface area (Å²) in [7, 11) is 0. The van der Waals surface area contributed by atoms with Crippen LogP contribution in [0, 0.1) is 11.3 Å². The van der Waals surface area contributed by atoms with Gasteiger partial charge in [-0.25, -0.2) is 4.98 Å². The first-order chi connectivity index (χ1) is 8.29. The monoisotopic (exact) mass is 307 g/mol. The summed E-state index contributed by atoms with van der Waals surface area (Å²) in [6.07, 6.45) is 2.51. The summed E-state index contributed by atoms with van der Waals surface area (Å²) in [6.45, 7) is 0.807. The molecule has 1 N–H and O–H groups in total. The zero-order valence-corrected chi connectivity index (χ0v) is 11.4. The summed E-state index contributed by atoms with van der Waals surface area (Å²) in [4.78, 5) is 4.75. The van der Waals surface area contributed by atoms with Crippen molar-refractivity contribution < 1.29 is 0 Å². The Bertz CT molecular complexity index is 545. The molecule has 0 atom stereocenters. The molecule has 0 aliphatic carbocycles. The van der Waals surface area contributed by atoms with Crippen LogP contribution in [0.1, 0.15) is 10.4 Å². The lowest BCUT2D eigenvalue weighted by atomic mass is 10.1. The van der Waals surface area contributed by atoms with Gasteiger partial charge in [-0.15, -0.1) is 0 Å². The van der Waals surface area contributed by atoms with E-state index < -0.39 is 0 Å². The van der Waals surface area contributed by atoms with Crippen LogP contribution in [0.3, 0.4) is 0 Å². The molecule has 0 bridgehead atoms. The lowest BCUT2D eigenvalue weighted by Gasteiger charge is -2.04. The van der Waals surface area contributed by atoms with Crippen molar-refractivity contribution in [2.24, 2.45) is 0 Å². The third kappa shape index (κ3) is 3.29. The second-order valence-electron chi connectivity index (χ2n) is 3.41. The molecule has 0 spiro atoms. The van der Waals surface area contributed by atoms with Crippen molar-refractivity contribution in [2.45, 2.75) is 6.42 Å². The van der Waals surface area contributed by atoms with E-state index in [2.05, 4.69) is 38.4 Å². The van der Waals surface area contributed by atoms with Crippen molar-refractivity contribution in [3.8, 4) is 6.07 Å². The summed E-state index contributed by atoms with van der Waals surface area (Å²) in [5.74, 6) is 0. The van der Waals surface area contributed by atoms with Crippen LogP contribution in [-0.4, -0.2) is 11.5 Å². The highest BCUT2D eigenvalue weighted by atomic mass is 79.9. The van der Waals surface area contributed by atoms with E-state index in [-0.39, 0.29) is 0 Å². The van der Waals surface area contributed by atoms with Gasteiger partial charge >= 0.3 is 0 Å². The van der Waals surface area contributed by atoms with Gasteiger partial charge in [0.2, 0.25) is 0 Å². The molecule has 0 radical (unpaired) electrons. The maximum absolute atomic E-state index is 8.68. The first-order valence-corrected chi connectivity index (χ1v) is 6.74. The quantitative estimate of drug-likeness (QED) is 0.941. The summed E-state index contributed by atoms with van der Waals surface area (Å²) in [6, 6.07) is 10.2. The number of aromatic nitrogens is 1. The van der Waals surface area contributed by atoms with Gasteiger partial charge in [0, 0.05) is 11.0 Å². The van der Waals surface area contributed by atoms with Gasteiger partial charge in [-0.1, -0.05) is 45.5 Å². The SMILES string of the molecule is N#Cc1cnc(NCCc2ccccc2Br)s1. The normalized spacial score (nSPS) is 9.88. The van der Waals surface area contributed by atoms with Gasteiger partial charge in [0.15, 0.2) is 5.13 Å². The van der Waals surface area contributed by atoms with Gasteiger partial charge in [-0.05, 0) is 18.1 Å². The Morgan fingerprint density at radius 1 is 1.41 bits per heavy atom. The molecule has 5 heteroatoms. The number of anilines is 1. The molecule has 1 heterocycles. The van der Waals surface area contributed by atoms with Gasteiger partial charge in [0.1, 0.15) is 10.9 Å². The third-order valence-corrected chi connectivity index (χ3v) is 3.88. The van der Waals surface area contributed by atoms with E-state index in [1.807, 2.05) is 18.2 Å². The van der Waals surface area contributed by atoms with E-state index in [0.29, 0.717) is 4.88 Å². The number of hydrogen-bond acceptors (Lipinski definition) is 4. The van der Waals surface area contributed by atoms with Crippen molar-refractivity contribution >= 4 is 32.4 Å². The van der Waals surface area contributed by atoms with E-state index in [4.69, 9.17) is 5.26 Å². The molecule has 0 fully saturated rings. The molecule has 17 heavy (non-hydrogen) atoms. The predicted molar refractivity (Wildman–Crippen MR) is 73.2 cm³/mol. The Labute approximate surface area is 112 Å². The number of halogens is 1. The van der Waals surface area contributed by atoms with Crippen molar-refractivity contribution in [2.75, 3.05) is 11.9 Å². The van der Waals surface area contributed by atoms with Crippen LogP contribution in [0.4, 0.5) is 5.13 Å². The molecule has 0 saturated carbocycles. The van der Waals surface area contributed by atoms with Gasteiger partial charge < -0.3 is 5.32 Å². The Kier molecular flexibility index (Phi) is 4.13. The average Bonchev–Trinajstić information content (AvgIpc) is 2.80. The van der Waals surface area contributed by atoms with Crippen LogP contribution in [0.2, 0.25) is 0 Å². The van der Waals surface area contributed by atoms with Crippen molar-refractivity contribution in [3.05, 3.63) is 45.4 Å². The summed E-state index contributed by atoms with van der Waals surface area (Å²) in [5, 5.41) is 12.7. The summed E-state index contributed by atoms with van der Waals surface area (Å²) >= 11 is 4.89. The number of nitriles is 1. The summed E-state index contributed by atoms with van der Waals surface area (Å²) in [5.41, 5.74) is 1.26. The molecule has 1 aromatic heterocycles. The molecular weight excluding hydrogens is 298 g/mol. The Balaban J connectivity index is 1.88. The molecule has 3 nitrogen and oxygen atoms in total. The third-order valence-electron chi connectivity index (χ3n) is 2.24. The van der Waals surface area contributed by atoms with E-state index in [0.717, 1.165) is 22.6 Å². The number of benzene rings is 1. The van der Waals surface area contributed by atoms with Crippen LogP contribution in [-0.2, 0) is 6.42 Å². The van der Waals surface area contributed by atoms with Gasteiger partial charge in [0.25, 0.3) is 0 Å². The van der Waals surface area contributed by atoms with Crippen molar-refractivity contribution in [1.82, 2.24) is 4.98 Å². The lowest BCUT2D eigenvalue weighted by molar-refractivity contribution is 1.01. The Morgan fingerprint density at radius 2 is 2.24 bits per heavy atom. The van der Waals surface area contributed by atoms with Crippen molar-refractivity contribution in [1.29, 1.82) is 5.26 Å². The largest absolute Gasteiger partial charge is 0.361 e. The summed E-state index contributed by atoms with van der Waals surface area (Å²) < 4.78 is 1.12. The Hall–Kier alpha value is -1.38. The van der Waals surface area contributed by atoms with Crippen LogP contribution < -0.4 is 5.32 Å². The Morgan fingerprint density at radius 3 is 2.94 bits per heavy atom. The zero-order chi connectivity index (χ0) is 12.1. The molecule has 0 aliphatic rings. The standard InChI is InChI=1S/C12H10BrN3S/c13-11-4-2-1-3-9(11)5-6-15-12-16-8-10(7-14)17-12/h1-4,8H,5-6H2,(H,15,16). The zero-order valence-electron chi connectivity index (χ0n) is 8.98. The van der Waals surface area contributed by atoms with E-state index in [9.17, 15) is 0 Å². The van der Waals surface area contributed by atoms with Gasteiger partial charge in [-0.2, -0.15) is 5.26 Å². The second-order valence-corrected chi connectivity index (χ2v) is 5.29. The minimum absolute atomic E-state index is 0.633. The fraction of sp³-hybridized carbons (Fsp3) is 0.167. The minimum atomic E-state index is 0.633. The maximum Gasteiger partial charge on any atom is 0.183 e. The fourth-order valence-corrected chi connectivity index (χ4v) is 2.53. The van der Waals surface area contributed by atoms with Crippen LogP contribution in [0.25, 0.3) is 0 Å². The molecular formula is C12H10BrN3S. The fourth-order valence-electron chi connectivity index (χ4n) is 1.41.